The van der Waals surface area contributed by atoms with Gasteiger partial charge in [0.15, 0.2) is 0 Å². The highest BCUT2D eigenvalue weighted by Gasteiger charge is 2.17. The normalized spacial score (nSPS) is 14.8. The Morgan fingerprint density at radius 1 is 1.19 bits per heavy atom. The molecule has 7 heteroatoms. The molecule has 0 amide bonds. The topological polar surface area (TPSA) is 66.4 Å². The van der Waals surface area contributed by atoms with E-state index in [1.807, 2.05) is 6.92 Å². The summed E-state index contributed by atoms with van der Waals surface area (Å²) in [6, 6.07) is 0.418. The Labute approximate surface area is 126 Å². The van der Waals surface area contributed by atoms with Crippen LogP contribution in [0.2, 0.25) is 0 Å². The number of hydrogen-bond donors (Lipinski definition) is 1. The molecule has 1 fully saturated rings. The minimum atomic E-state index is 0.418. The molecule has 1 aromatic heterocycles. The molecule has 0 spiro atoms. The Bertz CT molecular complexity index is 433. The number of nitrogens with one attached hydrogen (secondary N) is 1. The van der Waals surface area contributed by atoms with Crippen molar-refractivity contribution in [1.82, 2.24) is 19.9 Å². The molecule has 0 bridgehead atoms. The van der Waals surface area contributed by atoms with Gasteiger partial charge in [-0.3, -0.25) is 0 Å². The molecule has 1 N–H and O–H groups in total. The predicted octanol–water partition coefficient (Wildman–Crippen LogP) is 1.23. The van der Waals surface area contributed by atoms with E-state index in [1.165, 1.54) is 12.8 Å². The lowest BCUT2D eigenvalue weighted by atomic mass is 10.4. The number of rotatable bonds is 8. The Morgan fingerprint density at radius 3 is 2.62 bits per heavy atom. The zero-order valence-corrected chi connectivity index (χ0v) is 13.3. The van der Waals surface area contributed by atoms with Gasteiger partial charge in [0.25, 0.3) is 0 Å². The van der Waals surface area contributed by atoms with Crippen LogP contribution in [0.5, 0.6) is 6.01 Å². The number of anilines is 2. The average Bonchev–Trinajstić information content (AvgIpc) is 2.98. The first kappa shape index (κ1) is 15.8. The van der Waals surface area contributed by atoms with Crippen LogP contribution in [0.25, 0.3) is 0 Å². The second-order valence-electron chi connectivity index (χ2n) is 5.47. The van der Waals surface area contributed by atoms with Crippen LogP contribution >= 0.6 is 0 Å². The number of nitrogens with zero attached hydrogens (tertiary/aromatic N) is 5. The Kier molecular flexibility index (Phi) is 5.98. The Morgan fingerprint density at radius 2 is 1.95 bits per heavy atom. The lowest BCUT2D eigenvalue weighted by molar-refractivity contribution is 0.263. The van der Waals surface area contributed by atoms with Crippen molar-refractivity contribution < 1.29 is 4.74 Å². The summed E-state index contributed by atoms with van der Waals surface area (Å²) in [6.07, 6.45) is 3.34. The van der Waals surface area contributed by atoms with Crippen LogP contribution in [0, 0.1) is 0 Å². The SMILES string of the molecule is CCNc1nc(OCCCN(C)C)nc(N2CCCC2)n1. The van der Waals surface area contributed by atoms with Crippen molar-refractivity contribution in [3.05, 3.63) is 0 Å². The average molecular weight is 294 g/mol. The largest absolute Gasteiger partial charge is 0.463 e. The summed E-state index contributed by atoms with van der Waals surface area (Å²) in [5.74, 6) is 1.32. The van der Waals surface area contributed by atoms with Crippen molar-refractivity contribution in [3.63, 3.8) is 0 Å². The monoisotopic (exact) mass is 294 g/mol. The van der Waals surface area contributed by atoms with Gasteiger partial charge in [-0.25, -0.2) is 0 Å². The highest BCUT2D eigenvalue weighted by atomic mass is 16.5. The van der Waals surface area contributed by atoms with E-state index in [4.69, 9.17) is 4.74 Å². The first-order valence-electron chi connectivity index (χ1n) is 7.71. The van der Waals surface area contributed by atoms with Crippen molar-refractivity contribution in [2.45, 2.75) is 26.2 Å². The molecule has 0 atom stereocenters. The fourth-order valence-corrected chi connectivity index (χ4v) is 2.25. The van der Waals surface area contributed by atoms with Crippen molar-refractivity contribution >= 4 is 11.9 Å². The number of ether oxygens (including phenoxy) is 1. The highest BCUT2D eigenvalue weighted by Crippen LogP contribution is 2.19. The molecule has 2 rings (SSSR count). The third-order valence-corrected chi connectivity index (χ3v) is 3.31. The van der Waals surface area contributed by atoms with Crippen molar-refractivity contribution in [3.8, 4) is 6.01 Å². The van der Waals surface area contributed by atoms with Crippen LogP contribution < -0.4 is 15.0 Å². The molecule has 1 saturated heterocycles. The Hall–Kier alpha value is -1.63. The molecule has 0 unspecified atom stereocenters. The van der Waals surface area contributed by atoms with Gasteiger partial charge in [0.1, 0.15) is 0 Å². The molecule has 118 valence electrons. The lowest BCUT2D eigenvalue weighted by Crippen LogP contribution is -2.22. The van der Waals surface area contributed by atoms with Crippen LogP contribution in [-0.4, -0.2) is 66.7 Å². The van der Waals surface area contributed by atoms with E-state index < -0.39 is 0 Å². The minimum absolute atomic E-state index is 0.418. The van der Waals surface area contributed by atoms with Gasteiger partial charge in [-0.05, 0) is 40.3 Å². The second kappa shape index (κ2) is 7.97. The van der Waals surface area contributed by atoms with Crippen molar-refractivity contribution in [2.75, 3.05) is 57.1 Å². The van der Waals surface area contributed by atoms with Crippen molar-refractivity contribution in [1.29, 1.82) is 0 Å². The van der Waals surface area contributed by atoms with Crippen LogP contribution in [0.3, 0.4) is 0 Å². The summed E-state index contributed by atoms with van der Waals surface area (Å²) in [5.41, 5.74) is 0. The molecule has 1 aliphatic heterocycles. The summed E-state index contributed by atoms with van der Waals surface area (Å²) in [5, 5.41) is 3.14. The molecule has 0 aromatic carbocycles. The predicted molar refractivity (Wildman–Crippen MR) is 84.1 cm³/mol. The third kappa shape index (κ3) is 5.00. The first-order chi connectivity index (χ1) is 10.2. The van der Waals surface area contributed by atoms with Gasteiger partial charge in [0, 0.05) is 26.2 Å². The molecule has 1 aromatic rings. The summed E-state index contributed by atoms with van der Waals surface area (Å²) in [7, 11) is 4.11. The standard InChI is InChI=1S/C14H26N6O/c1-4-15-12-16-13(20-9-5-6-10-20)18-14(17-12)21-11-7-8-19(2)3/h4-11H2,1-3H3,(H,15,16,17,18). The number of hydrogen-bond acceptors (Lipinski definition) is 7. The fraction of sp³-hybridized carbons (Fsp3) is 0.786. The molecular weight excluding hydrogens is 268 g/mol. The smallest absolute Gasteiger partial charge is 0.323 e. The number of aromatic nitrogens is 3. The van der Waals surface area contributed by atoms with Gasteiger partial charge in [-0.2, -0.15) is 15.0 Å². The maximum atomic E-state index is 5.69. The van der Waals surface area contributed by atoms with E-state index in [0.29, 0.717) is 18.6 Å². The van der Waals surface area contributed by atoms with Gasteiger partial charge in [0.2, 0.25) is 11.9 Å². The van der Waals surface area contributed by atoms with Crippen LogP contribution in [0.4, 0.5) is 11.9 Å². The maximum Gasteiger partial charge on any atom is 0.323 e. The van der Waals surface area contributed by atoms with E-state index in [9.17, 15) is 0 Å². The Balaban J connectivity index is 2.00. The molecule has 7 nitrogen and oxygen atoms in total. The van der Waals surface area contributed by atoms with Crippen molar-refractivity contribution in [2.24, 2.45) is 0 Å². The summed E-state index contributed by atoms with van der Waals surface area (Å²) in [4.78, 5) is 17.5. The maximum absolute atomic E-state index is 5.69. The van der Waals surface area contributed by atoms with Crippen LogP contribution in [-0.2, 0) is 0 Å². The van der Waals surface area contributed by atoms with Crippen LogP contribution in [0.15, 0.2) is 0 Å². The zero-order chi connectivity index (χ0) is 15.1. The third-order valence-electron chi connectivity index (χ3n) is 3.31. The molecule has 2 heterocycles. The molecule has 1 aliphatic rings. The molecule has 21 heavy (non-hydrogen) atoms. The van der Waals surface area contributed by atoms with E-state index in [2.05, 4.69) is 44.2 Å². The first-order valence-corrected chi connectivity index (χ1v) is 7.71. The van der Waals surface area contributed by atoms with E-state index in [1.54, 1.807) is 0 Å². The summed E-state index contributed by atoms with van der Waals surface area (Å²) in [6.45, 7) is 6.43. The zero-order valence-electron chi connectivity index (χ0n) is 13.3. The highest BCUT2D eigenvalue weighted by molar-refractivity contribution is 5.39. The molecule has 0 aliphatic carbocycles. The van der Waals surface area contributed by atoms with Gasteiger partial charge in [-0.1, -0.05) is 0 Å². The van der Waals surface area contributed by atoms with Gasteiger partial charge >= 0.3 is 6.01 Å². The minimum Gasteiger partial charge on any atom is -0.463 e. The lowest BCUT2D eigenvalue weighted by Gasteiger charge is -2.17. The summed E-state index contributed by atoms with van der Waals surface area (Å²) < 4.78 is 5.69. The summed E-state index contributed by atoms with van der Waals surface area (Å²) >= 11 is 0. The van der Waals surface area contributed by atoms with Gasteiger partial charge in [0.05, 0.1) is 6.61 Å². The molecule has 0 saturated carbocycles. The van der Waals surface area contributed by atoms with Gasteiger partial charge < -0.3 is 19.9 Å². The molecule has 0 radical (unpaired) electrons. The van der Waals surface area contributed by atoms with Crippen LogP contribution in [0.1, 0.15) is 26.2 Å². The fourth-order valence-electron chi connectivity index (χ4n) is 2.25. The second-order valence-corrected chi connectivity index (χ2v) is 5.47. The van der Waals surface area contributed by atoms with E-state index >= 15 is 0 Å². The van der Waals surface area contributed by atoms with Gasteiger partial charge in [-0.15, -0.1) is 0 Å². The molecular formula is C14H26N6O. The van der Waals surface area contributed by atoms with E-state index in [-0.39, 0.29) is 0 Å². The quantitative estimate of drug-likeness (QED) is 0.723. The van der Waals surface area contributed by atoms with E-state index in [0.717, 1.165) is 38.5 Å².